The van der Waals surface area contributed by atoms with Crippen LogP contribution < -0.4 is 0 Å². The summed E-state index contributed by atoms with van der Waals surface area (Å²) in [4.78, 5) is 24.0. The Morgan fingerprint density at radius 2 is 1.31 bits per heavy atom. The molecule has 242 valence electrons. The number of hydrogen-bond acceptors (Lipinski definition) is 5. The maximum atomic E-state index is 5.13. The highest BCUT2D eigenvalue weighted by Gasteiger charge is 2.15. The second kappa shape index (κ2) is 13.9. The highest BCUT2D eigenvalue weighted by molar-refractivity contribution is 6.14. The van der Waals surface area contributed by atoms with Crippen molar-refractivity contribution in [2.45, 2.75) is 6.92 Å². The monoisotopic (exact) mass is 655 g/mol. The molecule has 5 aromatic carbocycles. The smallest absolute Gasteiger partial charge is 0.165 e. The van der Waals surface area contributed by atoms with Crippen LogP contribution in [0.5, 0.6) is 0 Å². The zero-order valence-electron chi connectivity index (χ0n) is 28.1. The highest BCUT2D eigenvalue weighted by atomic mass is 15.0. The molecule has 3 heterocycles. The van der Waals surface area contributed by atoms with Gasteiger partial charge in [-0.25, -0.2) is 19.9 Å². The maximum Gasteiger partial charge on any atom is 0.165 e. The lowest BCUT2D eigenvalue weighted by Crippen LogP contribution is -2.02. The normalized spacial score (nSPS) is 11.7. The number of rotatable bonds is 8. The van der Waals surface area contributed by atoms with E-state index < -0.39 is 0 Å². The summed E-state index contributed by atoms with van der Waals surface area (Å²) >= 11 is 0. The third-order valence-electron chi connectivity index (χ3n) is 8.95. The van der Waals surface area contributed by atoms with E-state index >= 15 is 0 Å². The quantitative estimate of drug-likeness (QED) is 0.120. The largest absolute Gasteiger partial charge is 0.264 e. The minimum absolute atomic E-state index is 0.568. The molecule has 0 fully saturated rings. The summed E-state index contributed by atoms with van der Waals surface area (Å²) in [6.07, 6.45) is 11.1. The van der Waals surface area contributed by atoms with Gasteiger partial charge < -0.3 is 0 Å². The predicted molar refractivity (Wildman–Crippen MR) is 211 cm³/mol. The summed E-state index contributed by atoms with van der Waals surface area (Å²) in [5, 5.41) is 3.53. The molecule has 51 heavy (non-hydrogen) atoms. The molecule has 0 aliphatic carbocycles. The molecule has 0 unspecified atom stereocenters. The molecule has 8 rings (SSSR count). The van der Waals surface area contributed by atoms with E-state index in [2.05, 4.69) is 127 Å². The molecule has 0 aliphatic rings. The molecule has 0 aliphatic heterocycles. The van der Waals surface area contributed by atoms with E-state index in [0.29, 0.717) is 17.5 Å². The number of nitrogens with zero attached hydrogens (tertiary/aromatic N) is 5. The fourth-order valence-corrected chi connectivity index (χ4v) is 6.40. The van der Waals surface area contributed by atoms with Crippen molar-refractivity contribution < 1.29 is 0 Å². The molecule has 0 bridgehead atoms. The van der Waals surface area contributed by atoms with Crippen LogP contribution in [0.15, 0.2) is 177 Å². The van der Waals surface area contributed by atoms with Gasteiger partial charge in [0.25, 0.3) is 0 Å². The first-order chi connectivity index (χ1) is 25.2. The van der Waals surface area contributed by atoms with E-state index in [1.807, 2.05) is 43.4 Å². The standard InChI is InChI=1S/C46H33N5/c1-3-5-13-31(4-2)44-49-45(51-46(50-44)38-19-12-27-47-30-38)35-23-21-32(22-24-35)36-17-11-18-37(28-36)40-29-42(34-15-7-6-8-16-34)48-41-26-25-33-14-9-10-20-39(33)43(40)41/h3-30H,1H2,2H3/b13-5-,31-4+. The Balaban J connectivity index is 1.21. The molecule has 0 saturated heterocycles. The Kier molecular flexibility index (Phi) is 8.59. The van der Waals surface area contributed by atoms with Crippen molar-refractivity contribution in [2.24, 2.45) is 0 Å². The second-order valence-corrected chi connectivity index (χ2v) is 12.1. The zero-order valence-corrected chi connectivity index (χ0v) is 28.1. The van der Waals surface area contributed by atoms with E-state index in [1.54, 1.807) is 18.5 Å². The molecular weight excluding hydrogens is 623 g/mol. The van der Waals surface area contributed by atoms with Crippen LogP contribution >= 0.6 is 0 Å². The first-order valence-electron chi connectivity index (χ1n) is 16.9. The molecule has 8 aromatic rings. The summed E-state index contributed by atoms with van der Waals surface area (Å²) in [6, 6.07) is 46.4. The van der Waals surface area contributed by atoms with Crippen LogP contribution in [0.2, 0.25) is 0 Å². The van der Waals surface area contributed by atoms with Gasteiger partial charge in [0.15, 0.2) is 17.5 Å². The molecule has 0 atom stereocenters. The lowest BCUT2D eigenvalue weighted by atomic mass is 9.92. The lowest BCUT2D eigenvalue weighted by molar-refractivity contribution is 1.03. The summed E-state index contributed by atoms with van der Waals surface area (Å²) in [7, 11) is 0. The third-order valence-corrected chi connectivity index (χ3v) is 8.95. The number of benzene rings is 5. The van der Waals surface area contributed by atoms with Gasteiger partial charge in [-0.05, 0) is 70.3 Å². The molecule has 0 N–H and O–H groups in total. The topological polar surface area (TPSA) is 64.5 Å². The average molecular weight is 656 g/mol. The highest BCUT2D eigenvalue weighted by Crippen LogP contribution is 2.38. The van der Waals surface area contributed by atoms with Crippen molar-refractivity contribution in [1.29, 1.82) is 0 Å². The van der Waals surface area contributed by atoms with Gasteiger partial charge in [0.05, 0.1) is 11.2 Å². The van der Waals surface area contributed by atoms with E-state index in [9.17, 15) is 0 Å². The SMILES string of the molecule is C=C/C=C\C(=C/C)c1nc(-c2ccc(-c3cccc(-c4cc(-c5ccccc5)nc5ccc6ccccc6c45)c3)cc2)nc(-c2cccnc2)n1. The Morgan fingerprint density at radius 3 is 2.10 bits per heavy atom. The van der Waals surface area contributed by atoms with Gasteiger partial charge >= 0.3 is 0 Å². The van der Waals surface area contributed by atoms with Gasteiger partial charge in [-0.1, -0.05) is 134 Å². The van der Waals surface area contributed by atoms with Gasteiger partial charge in [-0.15, -0.1) is 0 Å². The van der Waals surface area contributed by atoms with Crippen molar-refractivity contribution in [3.63, 3.8) is 0 Å². The maximum absolute atomic E-state index is 5.13. The van der Waals surface area contributed by atoms with E-state index in [-0.39, 0.29) is 0 Å². The number of pyridine rings is 2. The van der Waals surface area contributed by atoms with Gasteiger partial charge in [0, 0.05) is 40.0 Å². The fraction of sp³-hybridized carbons (Fsp3) is 0.0217. The minimum atomic E-state index is 0.568. The number of aromatic nitrogens is 5. The fourth-order valence-electron chi connectivity index (χ4n) is 6.40. The predicted octanol–water partition coefficient (Wildman–Crippen LogP) is 11.4. The molecule has 5 heteroatoms. The van der Waals surface area contributed by atoms with Crippen LogP contribution in [0.4, 0.5) is 0 Å². The van der Waals surface area contributed by atoms with Crippen LogP contribution in [0.25, 0.3) is 83.5 Å². The Morgan fingerprint density at radius 1 is 0.588 bits per heavy atom. The summed E-state index contributed by atoms with van der Waals surface area (Å²) in [5.74, 6) is 1.75. The summed E-state index contributed by atoms with van der Waals surface area (Å²) < 4.78 is 0. The van der Waals surface area contributed by atoms with E-state index in [4.69, 9.17) is 19.9 Å². The van der Waals surface area contributed by atoms with Gasteiger partial charge in [0.1, 0.15) is 0 Å². The number of hydrogen-bond donors (Lipinski definition) is 0. The molecular formula is C46H33N5. The van der Waals surface area contributed by atoms with Gasteiger partial charge in [0.2, 0.25) is 0 Å². The van der Waals surface area contributed by atoms with Crippen molar-refractivity contribution in [2.75, 3.05) is 0 Å². The van der Waals surface area contributed by atoms with Crippen LogP contribution in [0.1, 0.15) is 12.7 Å². The van der Waals surface area contributed by atoms with E-state index in [0.717, 1.165) is 61.1 Å². The lowest BCUT2D eigenvalue weighted by Gasteiger charge is -2.14. The minimum Gasteiger partial charge on any atom is -0.264 e. The van der Waals surface area contributed by atoms with Crippen molar-refractivity contribution in [1.82, 2.24) is 24.9 Å². The number of fused-ring (bicyclic) bond motifs is 3. The zero-order chi connectivity index (χ0) is 34.6. The summed E-state index contributed by atoms with van der Waals surface area (Å²) in [5.41, 5.74) is 10.1. The second-order valence-electron chi connectivity index (χ2n) is 12.1. The van der Waals surface area contributed by atoms with E-state index in [1.165, 1.54) is 10.8 Å². The Bertz CT molecular complexity index is 2590. The first kappa shape index (κ1) is 31.4. The average Bonchev–Trinajstić information content (AvgIpc) is 3.21. The molecule has 0 spiro atoms. The Hall–Kier alpha value is -6.85. The van der Waals surface area contributed by atoms with Crippen LogP contribution in [-0.2, 0) is 0 Å². The van der Waals surface area contributed by atoms with Crippen molar-refractivity contribution in [3.05, 3.63) is 183 Å². The van der Waals surface area contributed by atoms with Gasteiger partial charge in [-0.3, -0.25) is 4.98 Å². The van der Waals surface area contributed by atoms with Gasteiger partial charge in [-0.2, -0.15) is 0 Å². The van der Waals surface area contributed by atoms with Crippen LogP contribution in [0, 0.1) is 0 Å². The first-order valence-corrected chi connectivity index (χ1v) is 16.9. The molecule has 3 aromatic heterocycles. The van der Waals surface area contributed by atoms with Crippen molar-refractivity contribution >= 4 is 27.2 Å². The third kappa shape index (κ3) is 6.36. The summed E-state index contributed by atoms with van der Waals surface area (Å²) in [6.45, 7) is 5.78. The van der Waals surface area contributed by atoms with Crippen LogP contribution in [0.3, 0.4) is 0 Å². The van der Waals surface area contributed by atoms with Crippen molar-refractivity contribution in [3.8, 4) is 56.3 Å². The molecule has 0 radical (unpaired) electrons. The molecule has 0 amide bonds. The Labute approximate surface area is 297 Å². The number of allylic oxidation sites excluding steroid dienone is 5. The molecule has 5 nitrogen and oxygen atoms in total. The molecule has 0 saturated carbocycles. The van der Waals surface area contributed by atoms with Crippen LogP contribution in [-0.4, -0.2) is 24.9 Å².